The van der Waals surface area contributed by atoms with Crippen LogP contribution in [0.25, 0.3) is 0 Å². The summed E-state index contributed by atoms with van der Waals surface area (Å²) in [6.07, 6.45) is 2.29. The van der Waals surface area contributed by atoms with Gasteiger partial charge in [-0.25, -0.2) is 13.6 Å². The van der Waals surface area contributed by atoms with Gasteiger partial charge in [0.1, 0.15) is 0 Å². The topological polar surface area (TPSA) is 69.4 Å². The van der Waals surface area contributed by atoms with Crippen LogP contribution in [-0.4, -0.2) is 15.0 Å². The monoisotopic (exact) mass is 295 g/mol. The quantitative estimate of drug-likeness (QED) is 0.927. The fourth-order valence-corrected chi connectivity index (χ4v) is 2.61. The first-order chi connectivity index (χ1) is 7.88. The molecule has 7 heteroatoms. The molecule has 0 heterocycles. The number of benzene rings is 1. The van der Waals surface area contributed by atoms with E-state index in [1.807, 2.05) is 0 Å². The molecule has 1 aliphatic rings. The van der Waals surface area contributed by atoms with E-state index in [1.54, 1.807) is 0 Å². The summed E-state index contributed by atoms with van der Waals surface area (Å²) in [6, 6.07) is 2.48. The lowest BCUT2D eigenvalue weighted by molar-refractivity contribution is 0.300. The lowest BCUT2D eigenvalue weighted by atomic mass is 10.3. The summed E-state index contributed by atoms with van der Waals surface area (Å²) in [5.41, 5.74) is 0. The van der Waals surface area contributed by atoms with Crippen LogP contribution in [0.15, 0.2) is 17.0 Å². The molecular formula is C10H11Cl2NO3S. The largest absolute Gasteiger partial charge is 0.490 e. The molecule has 94 valence electrons. The van der Waals surface area contributed by atoms with Crippen LogP contribution >= 0.6 is 23.2 Å². The van der Waals surface area contributed by atoms with E-state index < -0.39 is 10.0 Å². The second-order valence-electron chi connectivity index (χ2n) is 4.02. The zero-order chi connectivity index (χ0) is 12.6. The van der Waals surface area contributed by atoms with Crippen molar-refractivity contribution in [1.82, 2.24) is 0 Å². The van der Waals surface area contributed by atoms with Crippen molar-refractivity contribution in [3.05, 3.63) is 22.2 Å². The number of nitrogens with two attached hydrogens (primary N) is 1. The number of sulfonamides is 1. The lowest BCUT2D eigenvalue weighted by Crippen LogP contribution is -2.12. The second-order valence-corrected chi connectivity index (χ2v) is 6.39. The highest BCUT2D eigenvalue weighted by atomic mass is 35.5. The zero-order valence-electron chi connectivity index (χ0n) is 8.82. The molecule has 4 nitrogen and oxygen atoms in total. The van der Waals surface area contributed by atoms with Crippen molar-refractivity contribution in [2.45, 2.75) is 17.7 Å². The van der Waals surface area contributed by atoms with Crippen LogP contribution in [0.3, 0.4) is 0 Å². The highest BCUT2D eigenvalue weighted by Crippen LogP contribution is 2.37. The van der Waals surface area contributed by atoms with Crippen LogP contribution < -0.4 is 9.88 Å². The van der Waals surface area contributed by atoms with Crippen LogP contribution in [-0.2, 0) is 10.0 Å². The van der Waals surface area contributed by atoms with Crippen LogP contribution in [0.5, 0.6) is 5.75 Å². The first-order valence-corrected chi connectivity index (χ1v) is 7.33. The standard InChI is InChI=1S/C10H11Cl2NO3S/c11-8-3-7(17(13,14)15)4-9(12)10(8)16-5-6-1-2-6/h3-4,6H,1-2,5H2,(H2,13,14,15). The highest BCUT2D eigenvalue weighted by Gasteiger charge is 2.23. The summed E-state index contributed by atoms with van der Waals surface area (Å²) in [6.45, 7) is 0.550. The predicted molar refractivity (Wildman–Crippen MR) is 66.1 cm³/mol. The summed E-state index contributed by atoms with van der Waals surface area (Å²) in [5, 5.41) is 5.30. The number of primary sulfonamides is 1. The third-order valence-corrected chi connectivity index (χ3v) is 3.91. The number of rotatable bonds is 4. The van der Waals surface area contributed by atoms with Gasteiger partial charge in [0, 0.05) is 0 Å². The Balaban J connectivity index is 2.27. The molecule has 17 heavy (non-hydrogen) atoms. The van der Waals surface area contributed by atoms with Gasteiger partial charge in [-0.2, -0.15) is 0 Å². The normalized spacial score (nSPS) is 15.9. The molecule has 1 fully saturated rings. The first kappa shape index (κ1) is 13.0. The van der Waals surface area contributed by atoms with E-state index in [2.05, 4.69) is 0 Å². The van der Waals surface area contributed by atoms with E-state index in [1.165, 1.54) is 12.1 Å². The molecule has 1 saturated carbocycles. The van der Waals surface area contributed by atoms with Crippen molar-refractivity contribution in [2.75, 3.05) is 6.61 Å². The number of hydrogen-bond donors (Lipinski definition) is 1. The Morgan fingerprint density at radius 3 is 2.24 bits per heavy atom. The minimum atomic E-state index is -3.81. The van der Waals surface area contributed by atoms with Gasteiger partial charge in [-0.15, -0.1) is 0 Å². The minimum absolute atomic E-state index is 0.119. The molecule has 0 amide bonds. The van der Waals surface area contributed by atoms with Crippen LogP contribution in [0.4, 0.5) is 0 Å². The number of halogens is 2. The molecule has 1 aromatic carbocycles. The predicted octanol–water partition coefficient (Wildman–Crippen LogP) is 2.43. The van der Waals surface area contributed by atoms with Crippen molar-refractivity contribution in [2.24, 2.45) is 11.1 Å². The van der Waals surface area contributed by atoms with E-state index in [-0.39, 0.29) is 14.9 Å². The van der Waals surface area contributed by atoms with Crippen LogP contribution in [0.1, 0.15) is 12.8 Å². The maximum absolute atomic E-state index is 11.1. The van der Waals surface area contributed by atoms with Crippen LogP contribution in [0.2, 0.25) is 10.0 Å². The maximum Gasteiger partial charge on any atom is 0.238 e. The molecule has 2 N–H and O–H groups in total. The molecular weight excluding hydrogens is 285 g/mol. The van der Waals surface area contributed by atoms with E-state index in [4.69, 9.17) is 33.1 Å². The lowest BCUT2D eigenvalue weighted by Gasteiger charge is -2.10. The Morgan fingerprint density at radius 1 is 1.29 bits per heavy atom. The van der Waals surface area contributed by atoms with Crippen LogP contribution in [0, 0.1) is 5.92 Å². The van der Waals surface area contributed by atoms with Crippen molar-refractivity contribution in [3.8, 4) is 5.75 Å². The number of ether oxygens (including phenoxy) is 1. The summed E-state index contributed by atoms with van der Waals surface area (Å²) >= 11 is 11.8. The molecule has 0 unspecified atom stereocenters. The SMILES string of the molecule is NS(=O)(=O)c1cc(Cl)c(OCC2CC2)c(Cl)c1. The van der Waals surface area contributed by atoms with E-state index >= 15 is 0 Å². The van der Waals surface area contributed by atoms with Crippen molar-refractivity contribution in [3.63, 3.8) is 0 Å². The average Bonchev–Trinajstić information content (AvgIpc) is 2.98. The van der Waals surface area contributed by atoms with Gasteiger partial charge < -0.3 is 4.74 Å². The van der Waals surface area contributed by atoms with Gasteiger partial charge in [0.25, 0.3) is 0 Å². The van der Waals surface area contributed by atoms with Gasteiger partial charge in [-0.1, -0.05) is 23.2 Å². The van der Waals surface area contributed by atoms with E-state index in [0.717, 1.165) is 12.8 Å². The smallest absolute Gasteiger partial charge is 0.238 e. The molecule has 0 aromatic heterocycles. The molecule has 0 atom stereocenters. The molecule has 1 aliphatic carbocycles. The molecule has 0 spiro atoms. The summed E-state index contributed by atoms with van der Waals surface area (Å²) in [4.78, 5) is -0.119. The van der Waals surface area contributed by atoms with Gasteiger partial charge in [0.05, 0.1) is 21.5 Å². The zero-order valence-corrected chi connectivity index (χ0v) is 11.1. The Morgan fingerprint density at radius 2 is 1.82 bits per heavy atom. The van der Waals surface area contributed by atoms with Gasteiger partial charge >= 0.3 is 0 Å². The van der Waals surface area contributed by atoms with E-state index in [0.29, 0.717) is 18.3 Å². The Labute approximate surface area is 110 Å². The third-order valence-electron chi connectivity index (χ3n) is 2.46. The van der Waals surface area contributed by atoms with Gasteiger partial charge in [0.2, 0.25) is 10.0 Å². The summed E-state index contributed by atoms with van der Waals surface area (Å²) in [5.74, 6) is 0.868. The molecule has 2 rings (SSSR count). The minimum Gasteiger partial charge on any atom is -0.490 e. The number of hydrogen-bond acceptors (Lipinski definition) is 3. The molecule has 0 saturated heterocycles. The van der Waals surface area contributed by atoms with Crippen molar-refractivity contribution in [1.29, 1.82) is 0 Å². The van der Waals surface area contributed by atoms with Gasteiger partial charge in [-0.05, 0) is 30.9 Å². The highest BCUT2D eigenvalue weighted by molar-refractivity contribution is 7.89. The van der Waals surface area contributed by atoms with Crippen molar-refractivity contribution < 1.29 is 13.2 Å². The Hall–Kier alpha value is -0.490. The van der Waals surface area contributed by atoms with Gasteiger partial charge in [0.15, 0.2) is 5.75 Å². The molecule has 0 aliphatic heterocycles. The fraction of sp³-hybridized carbons (Fsp3) is 0.400. The summed E-state index contributed by atoms with van der Waals surface area (Å²) in [7, 11) is -3.81. The molecule has 0 radical (unpaired) electrons. The maximum atomic E-state index is 11.1. The molecule has 1 aromatic rings. The Bertz CT molecular complexity index is 517. The Kier molecular flexibility index (Phi) is 3.54. The first-order valence-electron chi connectivity index (χ1n) is 5.02. The second kappa shape index (κ2) is 4.65. The third kappa shape index (κ3) is 3.25. The average molecular weight is 296 g/mol. The van der Waals surface area contributed by atoms with Crippen molar-refractivity contribution >= 4 is 33.2 Å². The van der Waals surface area contributed by atoms with Gasteiger partial charge in [-0.3, -0.25) is 0 Å². The van der Waals surface area contributed by atoms with E-state index in [9.17, 15) is 8.42 Å². The fourth-order valence-electron chi connectivity index (χ4n) is 1.32. The molecule has 0 bridgehead atoms. The summed E-state index contributed by atoms with van der Waals surface area (Å²) < 4.78 is 27.7.